The normalized spacial score (nSPS) is 14.2. The van der Waals surface area contributed by atoms with Crippen LogP contribution in [0.2, 0.25) is 5.02 Å². The zero-order valence-corrected chi connectivity index (χ0v) is 20.0. The summed E-state index contributed by atoms with van der Waals surface area (Å²) in [5.74, 6) is -1.28. The SMILES string of the molecule is Cc1cc[n+](C2=C(c3c(C)nn(-c4ccc(Cl)cc4)c3[O-])C(=O)N(CC(C)C)C2=O)cc1C. The lowest BCUT2D eigenvalue weighted by atomic mass is 10.0. The van der Waals surface area contributed by atoms with Crippen molar-refractivity contribution in [1.29, 1.82) is 0 Å². The molecule has 0 atom stereocenters. The van der Waals surface area contributed by atoms with Crippen LogP contribution in [0.5, 0.6) is 5.88 Å². The van der Waals surface area contributed by atoms with Crippen LogP contribution < -0.4 is 9.67 Å². The fraction of sp³-hybridized carbons (Fsp3) is 0.280. The predicted molar refractivity (Wildman–Crippen MR) is 124 cm³/mol. The molecule has 0 radical (unpaired) electrons. The van der Waals surface area contributed by atoms with Crippen molar-refractivity contribution in [3.63, 3.8) is 0 Å². The maximum atomic E-state index is 13.5. The van der Waals surface area contributed by atoms with Crippen molar-refractivity contribution in [3.05, 3.63) is 70.1 Å². The van der Waals surface area contributed by atoms with Gasteiger partial charge in [-0.3, -0.25) is 14.5 Å². The smallest absolute Gasteiger partial charge is 0.326 e. The second-order valence-electron chi connectivity index (χ2n) is 8.71. The number of aryl methyl sites for hydroxylation is 3. The van der Waals surface area contributed by atoms with Crippen LogP contribution in [0.15, 0.2) is 42.7 Å². The van der Waals surface area contributed by atoms with Gasteiger partial charge in [-0.2, -0.15) is 9.67 Å². The summed E-state index contributed by atoms with van der Waals surface area (Å²) in [5.41, 5.74) is 3.30. The van der Waals surface area contributed by atoms with E-state index in [1.54, 1.807) is 48.1 Å². The van der Waals surface area contributed by atoms with Gasteiger partial charge in [0, 0.05) is 28.8 Å². The van der Waals surface area contributed by atoms with Gasteiger partial charge in [-0.1, -0.05) is 25.4 Å². The number of carbonyl (C=O) groups is 2. The number of nitrogens with zero attached hydrogens (tertiary/aromatic N) is 4. The molecule has 1 aromatic carbocycles. The molecule has 1 aliphatic heterocycles. The molecule has 0 spiro atoms. The topological polar surface area (TPSA) is 82.1 Å². The molecule has 0 saturated carbocycles. The van der Waals surface area contributed by atoms with Crippen molar-refractivity contribution in [2.75, 3.05) is 6.54 Å². The Morgan fingerprint density at radius 1 is 1.03 bits per heavy atom. The Bertz CT molecular complexity index is 1310. The number of halogens is 1. The Kier molecular flexibility index (Phi) is 5.84. The van der Waals surface area contributed by atoms with Crippen LogP contribution in [0.25, 0.3) is 17.0 Å². The summed E-state index contributed by atoms with van der Waals surface area (Å²) in [7, 11) is 0. The first-order chi connectivity index (χ1) is 15.6. The number of carbonyl (C=O) groups excluding carboxylic acids is 2. The zero-order valence-electron chi connectivity index (χ0n) is 19.2. The Balaban J connectivity index is 1.96. The summed E-state index contributed by atoms with van der Waals surface area (Å²) < 4.78 is 2.87. The summed E-state index contributed by atoms with van der Waals surface area (Å²) in [4.78, 5) is 28.2. The van der Waals surface area contributed by atoms with E-state index in [0.717, 1.165) is 11.1 Å². The Hall–Kier alpha value is -3.45. The van der Waals surface area contributed by atoms with Crippen LogP contribution in [0.3, 0.4) is 0 Å². The maximum Gasteiger partial charge on any atom is 0.326 e. The molecule has 0 N–H and O–H groups in total. The number of pyridine rings is 1. The van der Waals surface area contributed by atoms with Crippen LogP contribution in [-0.4, -0.2) is 33.0 Å². The highest BCUT2D eigenvalue weighted by molar-refractivity contribution is 6.44. The molecule has 0 aliphatic carbocycles. The lowest BCUT2D eigenvalue weighted by molar-refractivity contribution is -0.577. The quantitative estimate of drug-likeness (QED) is 0.429. The molecule has 1 aliphatic rings. The minimum absolute atomic E-state index is 0.0767. The van der Waals surface area contributed by atoms with Crippen LogP contribution in [0.4, 0.5) is 0 Å². The highest BCUT2D eigenvalue weighted by atomic mass is 35.5. The van der Waals surface area contributed by atoms with Gasteiger partial charge in [0.25, 0.3) is 11.6 Å². The van der Waals surface area contributed by atoms with E-state index >= 15 is 0 Å². The molecule has 3 heterocycles. The molecule has 0 unspecified atom stereocenters. The molecule has 2 amide bonds. The summed E-state index contributed by atoms with van der Waals surface area (Å²) >= 11 is 5.98. The number of hydrogen-bond donors (Lipinski definition) is 0. The summed E-state index contributed by atoms with van der Waals surface area (Å²) in [6, 6.07) is 8.57. The van der Waals surface area contributed by atoms with E-state index in [9.17, 15) is 14.7 Å². The molecular formula is C25H25ClN4O3. The van der Waals surface area contributed by atoms with Crippen LogP contribution in [0.1, 0.15) is 36.2 Å². The number of imide groups is 1. The minimum Gasteiger partial charge on any atom is -0.858 e. The van der Waals surface area contributed by atoms with E-state index in [0.29, 0.717) is 16.4 Å². The highest BCUT2D eigenvalue weighted by Gasteiger charge is 2.46. The molecule has 0 saturated heterocycles. The fourth-order valence-electron chi connectivity index (χ4n) is 3.93. The number of benzene rings is 1. The molecule has 0 bridgehead atoms. The summed E-state index contributed by atoms with van der Waals surface area (Å²) in [5, 5.41) is 18.4. The van der Waals surface area contributed by atoms with Gasteiger partial charge in [0.1, 0.15) is 5.57 Å². The molecule has 0 fully saturated rings. The van der Waals surface area contributed by atoms with Gasteiger partial charge < -0.3 is 5.11 Å². The van der Waals surface area contributed by atoms with Crippen molar-refractivity contribution < 1.29 is 19.3 Å². The summed E-state index contributed by atoms with van der Waals surface area (Å²) in [6.07, 6.45) is 3.54. The van der Waals surface area contributed by atoms with Gasteiger partial charge in [0.15, 0.2) is 12.4 Å². The van der Waals surface area contributed by atoms with Crippen LogP contribution in [-0.2, 0) is 9.59 Å². The van der Waals surface area contributed by atoms with Gasteiger partial charge in [-0.15, -0.1) is 0 Å². The minimum atomic E-state index is -0.481. The van der Waals surface area contributed by atoms with Gasteiger partial charge >= 0.3 is 5.91 Å². The largest absolute Gasteiger partial charge is 0.858 e. The lowest BCUT2D eigenvalue weighted by Gasteiger charge is -2.17. The van der Waals surface area contributed by atoms with Gasteiger partial charge in [-0.05, 0) is 62.4 Å². The first kappa shape index (κ1) is 22.7. The average molecular weight is 465 g/mol. The second-order valence-corrected chi connectivity index (χ2v) is 9.15. The monoisotopic (exact) mass is 464 g/mol. The molecule has 3 aromatic rings. The molecule has 4 rings (SSSR count). The highest BCUT2D eigenvalue weighted by Crippen LogP contribution is 2.37. The van der Waals surface area contributed by atoms with Gasteiger partial charge in [0.2, 0.25) is 0 Å². The Morgan fingerprint density at radius 3 is 2.30 bits per heavy atom. The first-order valence-corrected chi connectivity index (χ1v) is 11.1. The Labute approximate surface area is 197 Å². The van der Waals surface area contributed by atoms with E-state index in [2.05, 4.69) is 5.10 Å². The third-order valence-corrected chi connectivity index (χ3v) is 5.98. The van der Waals surface area contributed by atoms with Crippen LogP contribution in [0, 0.1) is 26.7 Å². The molecule has 2 aromatic heterocycles. The first-order valence-electron chi connectivity index (χ1n) is 10.7. The van der Waals surface area contributed by atoms with Gasteiger partial charge in [-0.25, -0.2) is 4.68 Å². The van der Waals surface area contributed by atoms with E-state index in [-0.39, 0.29) is 29.3 Å². The van der Waals surface area contributed by atoms with Crippen molar-refractivity contribution in [2.45, 2.75) is 34.6 Å². The molecule has 33 heavy (non-hydrogen) atoms. The number of hydrogen-bond acceptors (Lipinski definition) is 4. The lowest BCUT2D eigenvalue weighted by Crippen LogP contribution is -2.41. The number of aromatic nitrogens is 3. The fourth-order valence-corrected chi connectivity index (χ4v) is 4.05. The zero-order chi connectivity index (χ0) is 24.0. The van der Waals surface area contributed by atoms with Crippen molar-refractivity contribution in [2.24, 2.45) is 5.92 Å². The molecular weight excluding hydrogens is 440 g/mol. The second kappa shape index (κ2) is 8.48. The molecule has 7 nitrogen and oxygen atoms in total. The van der Waals surface area contributed by atoms with Crippen LogP contribution >= 0.6 is 11.6 Å². The maximum absolute atomic E-state index is 13.5. The third-order valence-electron chi connectivity index (χ3n) is 5.73. The van der Waals surface area contributed by atoms with E-state index < -0.39 is 17.7 Å². The predicted octanol–water partition coefficient (Wildman–Crippen LogP) is 3.21. The van der Waals surface area contributed by atoms with Crippen molar-refractivity contribution in [3.8, 4) is 11.6 Å². The molecule has 170 valence electrons. The van der Waals surface area contributed by atoms with Crippen molar-refractivity contribution in [1.82, 2.24) is 14.7 Å². The van der Waals surface area contributed by atoms with Crippen molar-refractivity contribution >= 4 is 34.7 Å². The number of rotatable bonds is 5. The summed E-state index contributed by atoms with van der Waals surface area (Å²) in [6.45, 7) is 9.70. The van der Waals surface area contributed by atoms with E-state index in [1.807, 2.05) is 33.8 Å². The average Bonchev–Trinajstić information content (AvgIpc) is 3.17. The van der Waals surface area contributed by atoms with E-state index in [4.69, 9.17) is 11.6 Å². The Morgan fingerprint density at radius 2 is 1.70 bits per heavy atom. The number of amides is 2. The van der Waals surface area contributed by atoms with Gasteiger partial charge in [0.05, 0.1) is 11.4 Å². The van der Waals surface area contributed by atoms with E-state index in [1.165, 1.54) is 9.58 Å². The third kappa shape index (κ3) is 3.93. The standard InChI is InChI=1S/C25H25ClN4O3/c1-14(2)12-29-23(31)21(22(25(29)33)28-11-10-15(3)16(4)13-28)20-17(5)27-30(24(20)32)19-8-6-18(26)7-9-19/h6-11,13-14H,12H2,1-5H3. The molecule has 8 heteroatoms.